The number of amides is 1. The van der Waals surface area contributed by atoms with E-state index in [1.807, 2.05) is 60.7 Å². The Labute approximate surface area is 218 Å². The molecule has 37 heavy (non-hydrogen) atoms. The van der Waals surface area contributed by atoms with E-state index >= 15 is 4.39 Å². The van der Waals surface area contributed by atoms with Crippen molar-refractivity contribution in [1.29, 1.82) is 0 Å². The first-order valence-electron chi connectivity index (χ1n) is 12.8. The molecule has 200 valence electrons. The normalized spacial score (nSPS) is 14.9. The summed E-state index contributed by atoms with van der Waals surface area (Å²) in [6, 6.07) is 5.01. The van der Waals surface area contributed by atoms with E-state index in [9.17, 15) is 4.79 Å². The van der Waals surface area contributed by atoms with Gasteiger partial charge in [-0.1, -0.05) is 13.8 Å². The number of aryl methyl sites for hydroxylation is 2. The molecule has 3 heterocycles. The molecule has 1 aromatic carbocycles. The minimum atomic E-state index is -0.536. The fraction of sp³-hybridized carbons (Fsp3) is 0.464. The Morgan fingerprint density at radius 1 is 1.16 bits per heavy atom. The molecule has 1 aliphatic rings. The van der Waals surface area contributed by atoms with Crippen molar-refractivity contribution in [3.8, 4) is 11.3 Å². The van der Waals surface area contributed by atoms with Crippen LogP contribution in [0.15, 0.2) is 30.1 Å². The number of aromatic nitrogens is 3. The number of benzene rings is 1. The molecule has 1 amide bonds. The molecule has 3 aromatic rings. The number of nitrogens with zero attached hydrogens (tertiary/aromatic N) is 4. The summed E-state index contributed by atoms with van der Waals surface area (Å²) in [5, 5.41) is 4.57. The van der Waals surface area contributed by atoms with Gasteiger partial charge in [-0.05, 0) is 77.3 Å². The number of allylic oxidation sites excluding steroid dienone is 1. The first-order chi connectivity index (χ1) is 17.4. The van der Waals surface area contributed by atoms with E-state index in [2.05, 4.69) is 10.1 Å². The summed E-state index contributed by atoms with van der Waals surface area (Å²) in [5.74, 6) is -0.432. The number of carbonyl (C=O) groups excluding carboxylic acids is 1. The lowest BCUT2D eigenvalue weighted by atomic mass is 9.92. The molecule has 0 atom stereocenters. The average Bonchev–Trinajstić information content (AvgIpc) is 3.22. The van der Waals surface area contributed by atoms with Gasteiger partial charge in [-0.2, -0.15) is 5.10 Å². The molecular weight excluding hydrogens is 471 g/mol. The van der Waals surface area contributed by atoms with Gasteiger partial charge in [0, 0.05) is 41.5 Å². The molecule has 0 unspecified atom stereocenters. The summed E-state index contributed by atoms with van der Waals surface area (Å²) in [4.78, 5) is 18.4. The number of imidazole rings is 1. The molecule has 9 heteroatoms. The molecule has 0 aliphatic carbocycles. The second-order valence-corrected chi connectivity index (χ2v) is 10.2. The van der Waals surface area contributed by atoms with Gasteiger partial charge in [0.15, 0.2) is 5.65 Å². The number of anilines is 1. The molecule has 1 aliphatic heterocycles. The van der Waals surface area contributed by atoms with Crippen LogP contribution in [-0.4, -0.2) is 44.3 Å². The number of ether oxygens (including phenoxy) is 1. The monoisotopic (exact) mass is 510 g/mol. The highest BCUT2D eigenvalue weighted by molar-refractivity contribution is 5.74. The van der Waals surface area contributed by atoms with E-state index in [1.54, 1.807) is 21.6 Å². The van der Waals surface area contributed by atoms with Crippen molar-refractivity contribution >= 4 is 23.5 Å². The Balaban J connectivity index is 0.00000186. The highest BCUT2D eigenvalue weighted by Crippen LogP contribution is 2.30. The molecule has 0 spiro atoms. The number of halogens is 1. The predicted octanol–water partition coefficient (Wildman–Crippen LogP) is 5.71. The number of nitrogen functional groups attached to an aromatic ring is 1. The minimum absolute atomic E-state index is 0.0309. The Morgan fingerprint density at radius 3 is 2.41 bits per heavy atom. The number of carbonyl (C=O) groups is 1. The second-order valence-electron chi connectivity index (χ2n) is 10.2. The van der Waals surface area contributed by atoms with Gasteiger partial charge in [-0.25, -0.2) is 18.7 Å². The highest BCUT2D eigenvalue weighted by atomic mass is 19.1. The van der Waals surface area contributed by atoms with E-state index in [4.69, 9.17) is 16.2 Å². The van der Waals surface area contributed by atoms with Gasteiger partial charge in [0.05, 0.1) is 17.6 Å². The van der Waals surface area contributed by atoms with Gasteiger partial charge in [0.1, 0.15) is 11.4 Å². The molecule has 1 fully saturated rings. The van der Waals surface area contributed by atoms with Gasteiger partial charge < -0.3 is 21.1 Å². The number of hydrogen-bond donors (Lipinski definition) is 2. The quantitative estimate of drug-likeness (QED) is 0.437. The van der Waals surface area contributed by atoms with Crippen molar-refractivity contribution in [3.63, 3.8) is 0 Å². The zero-order valence-electron chi connectivity index (χ0n) is 22.9. The van der Waals surface area contributed by atoms with Crippen LogP contribution in [0.2, 0.25) is 0 Å². The maximum atomic E-state index is 15.2. The Hall–Kier alpha value is -3.62. The third kappa shape index (κ3) is 6.58. The number of hydrogen-bond acceptors (Lipinski definition) is 6. The van der Waals surface area contributed by atoms with E-state index in [-0.39, 0.29) is 23.3 Å². The molecule has 1 saturated heterocycles. The lowest BCUT2D eigenvalue weighted by Crippen LogP contribution is -2.42. The third-order valence-corrected chi connectivity index (χ3v) is 6.12. The number of piperidine rings is 1. The number of likely N-dealkylation sites (tertiary alicyclic amines) is 1. The van der Waals surface area contributed by atoms with E-state index in [0.29, 0.717) is 42.9 Å². The highest BCUT2D eigenvalue weighted by Gasteiger charge is 2.28. The van der Waals surface area contributed by atoms with Crippen molar-refractivity contribution in [1.82, 2.24) is 19.5 Å². The van der Waals surface area contributed by atoms with Crippen molar-refractivity contribution in [2.24, 2.45) is 11.7 Å². The number of rotatable bonds is 3. The predicted molar refractivity (Wildman–Crippen MR) is 146 cm³/mol. The van der Waals surface area contributed by atoms with Crippen LogP contribution < -0.4 is 11.5 Å². The molecule has 0 bridgehead atoms. The molecule has 2 aromatic heterocycles. The van der Waals surface area contributed by atoms with Crippen LogP contribution in [0.4, 0.5) is 14.9 Å². The maximum Gasteiger partial charge on any atom is 0.410 e. The standard InChI is InChI=1S/C26H33FN6O2.C2H6/c1-15-10-23(31-33-14-16(2)30-24(15)33)18-11-20(27)19(22(29)12-18)13-21(28)17-6-8-32(9-7-17)25(34)35-26(3,4)5;1-2/h10-14,17H,6-9,28-29H2,1-5H3;1-2H3/b21-13-;. The molecule has 0 saturated carbocycles. The van der Waals surface area contributed by atoms with Gasteiger partial charge >= 0.3 is 6.09 Å². The summed E-state index contributed by atoms with van der Waals surface area (Å²) in [6.45, 7) is 14.4. The van der Waals surface area contributed by atoms with Gasteiger partial charge in [-0.15, -0.1) is 0 Å². The number of fused-ring (bicyclic) bond motifs is 1. The van der Waals surface area contributed by atoms with E-state index in [0.717, 1.165) is 16.9 Å². The van der Waals surface area contributed by atoms with Crippen LogP contribution in [0.5, 0.6) is 0 Å². The fourth-order valence-electron chi connectivity index (χ4n) is 4.33. The van der Waals surface area contributed by atoms with Crippen molar-refractivity contribution in [2.75, 3.05) is 18.8 Å². The van der Waals surface area contributed by atoms with Crippen molar-refractivity contribution < 1.29 is 13.9 Å². The lowest BCUT2D eigenvalue weighted by molar-refractivity contribution is 0.0194. The van der Waals surface area contributed by atoms with Crippen LogP contribution in [0.25, 0.3) is 23.0 Å². The Bertz CT molecular complexity index is 1280. The zero-order chi connectivity index (χ0) is 27.5. The smallest absolute Gasteiger partial charge is 0.410 e. The van der Waals surface area contributed by atoms with Crippen molar-refractivity contribution in [2.45, 2.75) is 66.9 Å². The third-order valence-electron chi connectivity index (χ3n) is 6.12. The van der Waals surface area contributed by atoms with Gasteiger partial charge in [0.25, 0.3) is 0 Å². The largest absolute Gasteiger partial charge is 0.444 e. The summed E-state index contributed by atoms with van der Waals surface area (Å²) in [7, 11) is 0. The SMILES string of the molecule is CC.Cc1cn2nc(-c3cc(N)c(/C=C(\N)C4CCN(C(=O)OC(C)(C)C)CC4)c(F)c3)cc(C)c2n1. The second kappa shape index (κ2) is 11.2. The maximum absolute atomic E-state index is 15.2. The van der Waals surface area contributed by atoms with Crippen molar-refractivity contribution in [3.05, 3.63) is 52.7 Å². The molecule has 8 nitrogen and oxygen atoms in total. The molecule has 0 radical (unpaired) electrons. The fourth-order valence-corrected chi connectivity index (χ4v) is 4.33. The summed E-state index contributed by atoms with van der Waals surface area (Å²) >= 11 is 0. The first-order valence-corrected chi connectivity index (χ1v) is 12.8. The summed E-state index contributed by atoms with van der Waals surface area (Å²) < 4.78 is 22.3. The average molecular weight is 511 g/mol. The van der Waals surface area contributed by atoms with Gasteiger partial charge in [-0.3, -0.25) is 0 Å². The van der Waals surface area contributed by atoms with Crippen LogP contribution in [0.1, 0.15) is 64.3 Å². The van der Waals surface area contributed by atoms with E-state index in [1.165, 1.54) is 6.07 Å². The topological polar surface area (TPSA) is 112 Å². The Kier molecular flexibility index (Phi) is 8.46. The first kappa shape index (κ1) is 28.0. The van der Waals surface area contributed by atoms with Crippen LogP contribution in [0.3, 0.4) is 0 Å². The lowest BCUT2D eigenvalue weighted by Gasteiger charge is -2.33. The zero-order valence-corrected chi connectivity index (χ0v) is 22.9. The van der Waals surface area contributed by atoms with Crippen LogP contribution >= 0.6 is 0 Å². The van der Waals surface area contributed by atoms with Crippen LogP contribution in [0, 0.1) is 25.6 Å². The molecule has 4 rings (SSSR count). The Morgan fingerprint density at radius 2 is 1.81 bits per heavy atom. The van der Waals surface area contributed by atoms with Gasteiger partial charge in [0.2, 0.25) is 0 Å². The number of nitrogens with two attached hydrogens (primary N) is 2. The molecular formula is C28H39FN6O2. The van der Waals surface area contributed by atoms with E-state index < -0.39 is 11.4 Å². The summed E-state index contributed by atoms with van der Waals surface area (Å²) in [6.07, 6.45) is 4.47. The molecule has 4 N–H and O–H groups in total. The van der Waals surface area contributed by atoms with Crippen LogP contribution in [-0.2, 0) is 4.74 Å². The minimum Gasteiger partial charge on any atom is -0.444 e. The summed E-state index contributed by atoms with van der Waals surface area (Å²) in [5.41, 5.74) is 16.9.